The molecule has 2 aromatic rings. The molecule has 0 aliphatic carbocycles. The van der Waals surface area contributed by atoms with Crippen LogP contribution in [0.2, 0.25) is 5.02 Å². The summed E-state index contributed by atoms with van der Waals surface area (Å²) >= 11 is 7.49. The Morgan fingerprint density at radius 3 is 2.44 bits per heavy atom. The SMILES string of the molecule is Cc1nc(NC(=O)c2c(Cl)c(C)nn2C)sc1C. The largest absolute Gasteiger partial charge is 0.296 e. The van der Waals surface area contributed by atoms with Gasteiger partial charge >= 0.3 is 0 Å². The topological polar surface area (TPSA) is 59.8 Å². The van der Waals surface area contributed by atoms with Crippen molar-refractivity contribution >= 4 is 34.0 Å². The van der Waals surface area contributed by atoms with E-state index in [1.54, 1.807) is 14.0 Å². The Morgan fingerprint density at radius 1 is 1.33 bits per heavy atom. The van der Waals surface area contributed by atoms with Crippen LogP contribution in [0.4, 0.5) is 5.13 Å². The van der Waals surface area contributed by atoms with Crippen molar-refractivity contribution in [3.8, 4) is 0 Å². The third-order valence-electron chi connectivity index (χ3n) is 2.61. The van der Waals surface area contributed by atoms with Crippen LogP contribution in [0.25, 0.3) is 0 Å². The van der Waals surface area contributed by atoms with Gasteiger partial charge in [-0.2, -0.15) is 5.10 Å². The summed E-state index contributed by atoms with van der Waals surface area (Å²) in [6.07, 6.45) is 0. The highest BCUT2D eigenvalue weighted by Crippen LogP contribution is 2.24. The van der Waals surface area contributed by atoms with E-state index < -0.39 is 0 Å². The predicted molar refractivity (Wildman–Crippen MR) is 72.5 cm³/mol. The van der Waals surface area contributed by atoms with Crippen LogP contribution in [0, 0.1) is 20.8 Å². The minimum absolute atomic E-state index is 0.295. The molecule has 2 heterocycles. The van der Waals surface area contributed by atoms with Gasteiger partial charge < -0.3 is 0 Å². The average molecular weight is 285 g/mol. The molecule has 0 radical (unpaired) electrons. The first-order valence-electron chi connectivity index (χ1n) is 5.34. The number of nitrogens with one attached hydrogen (secondary N) is 1. The fraction of sp³-hybridized carbons (Fsp3) is 0.364. The molecule has 0 aliphatic rings. The molecular formula is C11H13ClN4OS. The van der Waals surface area contributed by atoms with E-state index in [0.29, 0.717) is 21.5 Å². The smallest absolute Gasteiger partial charge is 0.277 e. The zero-order chi connectivity index (χ0) is 13.4. The van der Waals surface area contributed by atoms with Gasteiger partial charge in [-0.1, -0.05) is 11.6 Å². The Kier molecular flexibility index (Phi) is 3.41. The molecule has 0 aliphatic heterocycles. The second-order valence-electron chi connectivity index (χ2n) is 3.99. The fourth-order valence-electron chi connectivity index (χ4n) is 1.56. The summed E-state index contributed by atoms with van der Waals surface area (Å²) in [5, 5.41) is 7.79. The molecule has 18 heavy (non-hydrogen) atoms. The quantitative estimate of drug-likeness (QED) is 0.922. The van der Waals surface area contributed by atoms with Crippen molar-refractivity contribution in [2.75, 3.05) is 5.32 Å². The summed E-state index contributed by atoms with van der Waals surface area (Å²) in [5.74, 6) is -0.295. The molecule has 2 aromatic heterocycles. The summed E-state index contributed by atoms with van der Waals surface area (Å²) in [4.78, 5) is 17.4. The standard InChI is InChI=1S/C11H13ClN4OS/c1-5-7(3)18-11(13-5)14-10(17)9-8(12)6(2)15-16(9)4/h1-4H3,(H,13,14,17). The first kappa shape index (κ1) is 13.0. The second-order valence-corrected chi connectivity index (χ2v) is 5.57. The van der Waals surface area contributed by atoms with Crippen LogP contribution >= 0.6 is 22.9 Å². The van der Waals surface area contributed by atoms with Gasteiger partial charge in [-0.25, -0.2) is 4.98 Å². The minimum Gasteiger partial charge on any atom is -0.296 e. The van der Waals surface area contributed by atoms with Gasteiger partial charge in [0.1, 0.15) is 5.69 Å². The molecule has 0 unspecified atom stereocenters. The van der Waals surface area contributed by atoms with E-state index in [4.69, 9.17) is 11.6 Å². The first-order chi connectivity index (χ1) is 8.40. The van der Waals surface area contributed by atoms with Crippen molar-refractivity contribution in [3.63, 3.8) is 0 Å². The van der Waals surface area contributed by atoms with Gasteiger partial charge in [0.05, 0.1) is 16.4 Å². The lowest BCUT2D eigenvalue weighted by molar-refractivity contribution is 0.101. The maximum absolute atomic E-state index is 12.1. The Morgan fingerprint density at radius 2 is 2.00 bits per heavy atom. The van der Waals surface area contributed by atoms with Crippen LogP contribution in [0.5, 0.6) is 0 Å². The highest BCUT2D eigenvalue weighted by Gasteiger charge is 2.19. The number of halogens is 1. The van der Waals surface area contributed by atoms with Crippen molar-refractivity contribution in [1.82, 2.24) is 14.8 Å². The van der Waals surface area contributed by atoms with Crippen molar-refractivity contribution in [3.05, 3.63) is 27.0 Å². The summed E-state index contributed by atoms with van der Waals surface area (Å²) in [7, 11) is 1.69. The second kappa shape index (κ2) is 4.70. The molecule has 7 heteroatoms. The van der Waals surface area contributed by atoms with E-state index >= 15 is 0 Å². The number of carbonyl (C=O) groups is 1. The fourth-order valence-corrected chi connectivity index (χ4v) is 2.62. The number of carbonyl (C=O) groups excluding carboxylic acids is 1. The first-order valence-corrected chi connectivity index (χ1v) is 6.54. The maximum atomic E-state index is 12.1. The van der Waals surface area contributed by atoms with Gasteiger partial charge in [0.2, 0.25) is 0 Å². The number of aryl methyl sites for hydroxylation is 4. The monoisotopic (exact) mass is 284 g/mol. The van der Waals surface area contributed by atoms with Crippen molar-refractivity contribution in [1.29, 1.82) is 0 Å². The van der Waals surface area contributed by atoms with Gasteiger partial charge in [-0.3, -0.25) is 14.8 Å². The number of hydrogen-bond donors (Lipinski definition) is 1. The minimum atomic E-state index is -0.295. The zero-order valence-corrected chi connectivity index (χ0v) is 12.1. The summed E-state index contributed by atoms with van der Waals surface area (Å²) in [6, 6.07) is 0. The van der Waals surface area contributed by atoms with Crippen molar-refractivity contribution in [2.45, 2.75) is 20.8 Å². The van der Waals surface area contributed by atoms with Crippen LogP contribution in [0.1, 0.15) is 26.8 Å². The number of aromatic nitrogens is 3. The maximum Gasteiger partial charge on any atom is 0.277 e. The number of anilines is 1. The molecular weight excluding hydrogens is 272 g/mol. The lowest BCUT2D eigenvalue weighted by Crippen LogP contribution is -2.16. The van der Waals surface area contributed by atoms with Crippen LogP contribution in [-0.2, 0) is 7.05 Å². The van der Waals surface area contributed by atoms with Crippen molar-refractivity contribution in [2.24, 2.45) is 7.05 Å². The number of rotatable bonds is 2. The molecule has 0 bridgehead atoms. The lowest BCUT2D eigenvalue weighted by Gasteiger charge is -2.02. The third kappa shape index (κ3) is 2.26. The number of thiazole rings is 1. The van der Waals surface area contributed by atoms with E-state index in [0.717, 1.165) is 10.6 Å². The molecule has 1 N–H and O–H groups in total. The van der Waals surface area contributed by atoms with E-state index in [9.17, 15) is 4.79 Å². The van der Waals surface area contributed by atoms with E-state index in [-0.39, 0.29) is 5.91 Å². The Hall–Kier alpha value is -1.40. The van der Waals surface area contributed by atoms with E-state index in [2.05, 4.69) is 15.4 Å². The highest BCUT2D eigenvalue weighted by molar-refractivity contribution is 7.15. The Balaban J connectivity index is 2.27. The van der Waals surface area contributed by atoms with Crippen LogP contribution < -0.4 is 5.32 Å². The van der Waals surface area contributed by atoms with Gasteiger partial charge in [-0.05, 0) is 20.8 Å². The van der Waals surface area contributed by atoms with Crippen LogP contribution in [0.3, 0.4) is 0 Å². The molecule has 2 rings (SSSR count). The summed E-state index contributed by atoms with van der Waals surface area (Å²) in [5.41, 5.74) is 1.90. The molecule has 5 nitrogen and oxygen atoms in total. The number of nitrogens with zero attached hydrogens (tertiary/aromatic N) is 3. The van der Waals surface area contributed by atoms with Crippen molar-refractivity contribution < 1.29 is 4.79 Å². The average Bonchev–Trinajstić information content (AvgIpc) is 2.69. The van der Waals surface area contributed by atoms with Gasteiger partial charge in [0.25, 0.3) is 5.91 Å². The summed E-state index contributed by atoms with van der Waals surface area (Å²) in [6.45, 7) is 5.63. The highest BCUT2D eigenvalue weighted by atomic mass is 35.5. The Labute approximate surface area is 114 Å². The molecule has 0 aromatic carbocycles. The van der Waals surface area contributed by atoms with E-state index in [1.807, 2.05) is 13.8 Å². The zero-order valence-electron chi connectivity index (χ0n) is 10.5. The number of hydrogen-bond acceptors (Lipinski definition) is 4. The molecule has 0 saturated carbocycles. The molecule has 0 fully saturated rings. The van der Waals surface area contributed by atoms with E-state index in [1.165, 1.54) is 16.0 Å². The van der Waals surface area contributed by atoms with Crippen LogP contribution in [-0.4, -0.2) is 20.7 Å². The summed E-state index contributed by atoms with van der Waals surface area (Å²) < 4.78 is 1.47. The number of amides is 1. The molecule has 0 saturated heterocycles. The van der Waals surface area contributed by atoms with Gasteiger partial charge in [0, 0.05) is 11.9 Å². The predicted octanol–water partition coefficient (Wildman–Crippen LogP) is 2.71. The van der Waals surface area contributed by atoms with Gasteiger partial charge in [0.15, 0.2) is 5.13 Å². The lowest BCUT2D eigenvalue weighted by atomic mass is 10.3. The molecule has 0 atom stereocenters. The normalized spacial score (nSPS) is 10.7. The third-order valence-corrected chi connectivity index (χ3v) is 4.05. The Bertz CT molecular complexity index is 597. The molecule has 0 spiro atoms. The van der Waals surface area contributed by atoms with Gasteiger partial charge in [-0.15, -0.1) is 11.3 Å². The molecule has 96 valence electrons. The van der Waals surface area contributed by atoms with Crippen LogP contribution in [0.15, 0.2) is 0 Å². The molecule has 1 amide bonds.